The summed E-state index contributed by atoms with van der Waals surface area (Å²) < 4.78 is 25.3. The predicted molar refractivity (Wildman–Crippen MR) is 151 cm³/mol. The molecule has 0 heterocycles. The Hall–Kier alpha value is -3.48. The molecule has 0 aliphatic heterocycles. The van der Waals surface area contributed by atoms with Crippen LogP contribution < -0.4 is 25.6 Å². The Labute approximate surface area is 230 Å². The number of rotatable bonds is 14. The molecule has 3 amide bonds. The van der Waals surface area contributed by atoms with Gasteiger partial charge in [-0.05, 0) is 36.6 Å². The fourth-order valence-corrected chi connectivity index (χ4v) is 4.02. The zero-order valence-electron chi connectivity index (χ0n) is 23.0. The van der Waals surface area contributed by atoms with Crippen LogP contribution in [0.5, 0.6) is 0 Å². The van der Waals surface area contributed by atoms with E-state index in [1.54, 1.807) is 0 Å². The Morgan fingerprint density at radius 1 is 0.897 bits per heavy atom. The van der Waals surface area contributed by atoms with E-state index < -0.39 is 34.0 Å². The molecule has 0 aromatic heterocycles. The van der Waals surface area contributed by atoms with E-state index in [1.165, 1.54) is 32.2 Å². The summed E-state index contributed by atoms with van der Waals surface area (Å²) in [6, 6.07) is 12.6. The van der Waals surface area contributed by atoms with E-state index in [9.17, 15) is 27.9 Å². The molecule has 2 aromatic rings. The van der Waals surface area contributed by atoms with Crippen LogP contribution in [0.25, 0.3) is 0 Å². The number of nitrogens with zero attached hydrogens (tertiary/aromatic N) is 1. The lowest BCUT2D eigenvalue weighted by Gasteiger charge is -2.22. The Kier molecular flexibility index (Phi) is 11.9. The molecule has 0 saturated heterocycles. The third-order valence-corrected chi connectivity index (χ3v) is 7.03. The van der Waals surface area contributed by atoms with E-state index in [4.69, 9.17) is 0 Å². The lowest BCUT2D eigenvalue weighted by Crippen LogP contribution is -2.52. The lowest BCUT2D eigenvalue weighted by molar-refractivity contribution is -0.125. The van der Waals surface area contributed by atoms with Crippen LogP contribution in [0.3, 0.4) is 0 Å². The van der Waals surface area contributed by atoms with E-state index in [0.717, 1.165) is 16.1 Å². The Morgan fingerprint density at radius 3 is 2.03 bits per heavy atom. The van der Waals surface area contributed by atoms with Crippen molar-refractivity contribution in [2.75, 3.05) is 37.2 Å². The molecule has 0 aliphatic carbocycles. The van der Waals surface area contributed by atoms with Gasteiger partial charge in [0.25, 0.3) is 11.8 Å². The van der Waals surface area contributed by atoms with Gasteiger partial charge in [-0.3, -0.25) is 18.7 Å². The second-order valence-corrected chi connectivity index (χ2v) is 11.7. The smallest absolute Gasteiger partial charge is 0.251 e. The molecule has 0 aliphatic rings. The number of aliphatic hydroxyl groups excluding tert-OH is 1. The van der Waals surface area contributed by atoms with Crippen LogP contribution in [0.4, 0.5) is 5.69 Å². The van der Waals surface area contributed by atoms with Crippen LogP contribution in [0.2, 0.25) is 0 Å². The summed E-state index contributed by atoms with van der Waals surface area (Å²) in [5.41, 5.74) is 1.26. The van der Waals surface area contributed by atoms with Crippen LogP contribution in [0, 0.1) is 5.92 Å². The molecule has 11 nitrogen and oxygen atoms in total. The van der Waals surface area contributed by atoms with Crippen molar-refractivity contribution in [3.63, 3.8) is 0 Å². The first-order chi connectivity index (χ1) is 18.3. The second-order valence-electron chi connectivity index (χ2n) is 9.73. The first-order valence-electron chi connectivity index (χ1n) is 12.7. The third-order valence-electron chi connectivity index (χ3n) is 5.82. The van der Waals surface area contributed by atoms with Gasteiger partial charge in [-0.15, -0.1) is 0 Å². The Balaban J connectivity index is 2.12. The van der Waals surface area contributed by atoms with Crippen molar-refractivity contribution in [3.05, 3.63) is 65.2 Å². The van der Waals surface area contributed by atoms with Crippen LogP contribution in [-0.4, -0.2) is 76.3 Å². The number of amides is 3. The van der Waals surface area contributed by atoms with Gasteiger partial charge in [0.1, 0.15) is 6.04 Å². The monoisotopic (exact) mass is 561 g/mol. The zero-order chi connectivity index (χ0) is 29.2. The van der Waals surface area contributed by atoms with Gasteiger partial charge in [-0.1, -0.05) is 44.2 Å². The molecule has 0 fully saturated rings. The Morgan fingerprint density at radius 2 is 1.49 bits per heavy atom. The maximum Gasteiger partial charge on any atom is 0.251 e. The zero-order valence-corrected chi connectivity index (χ0v) is 23.8. The molecule has 39 heavy (non-hydrogen) atoms. The van der Waals surface area contributed by atoms with Crippen LogP contribution >= 0.6 is 0 Å². The van der Waals surface area contributed by atoms with E-state index in [0.29, 0.717) is 6.54 Å². The van der Waals surface area contributed by atoms with Gasteiger partial charge in [-0.2, -0.15) is 0 Å². The van der Waals surface area contributed by atoms with Gasteiger partial charge < -0.3 is 26.4 Å². The summed E-state index contributed by atoms with van der Waals surface area (Å²) >= 11 is 0. The minimum Gasteiger partial charge on any atom is -0.391 e. The van der Waals surface area contributed by atoms with Crippen LogP contribution in [-0.2, 0) is 21.4 Å². The van der Waals surface area contributed by atoms with Gasteiger partial charge in [-0.25, -0.2) is 8.42 Å². The van der Waals surface area contributed by atoms with Crippen molar-refractivity contribution in [2.24, 2.45) is 5.92 Å². The lowest BCUT2D eigenvalue weighted by atomic mass is 10.1. The molecular weight excluding hydrogens is 522 g/mol. The van der Waals surface area contributed by atoms with Crippen molar-refractivity contribution >= 4 is 33.4 Å². The average Bonchev–Trinajstić information content (AvgIpc) is 2.89. The largest absolute Gasteiger partial charge is 0.391 e. The topological polar surface area (TPSA) is 157 Å². The standard InChI is InChI=1S/C27H39N5O6S/c1-18(2)16-30-27(36)24(19(3)33)28-11-12-29-25(34)21-13-22(15-23(14-21)32(4)39(5,37)38)26(35)31-17-20-9-7-6-8-10-20/h6-10,13-15,18-19,24,28,33H,11-12,16-17H2,1-5H3,(H,29,34)(H,30,36)(H,31,35). The van der Waals surface area contributed by atoms with Gasteiger partial charge >= 0.3 is 0 Å². The molecule has 0 radical (unpaired) electrons. The predicted octanol–water partition coefficient (Wildman–Crippen LogP) is 0.853. The first kappa shape index (κ1) is 31.7. The number of benzene rings is 2. The summed E-state index contributed by atoms with van der Waals surface area (Å²) in [6.45, 7) is 6.45. The fourth-order valence-electron chi connectivity index (χ4n) is 3.53. The normalized spacial score (nSPS) is 12.9. The highest BCUT2D eigenvalue weighted by atomic mass is 32.2. The van der Waals surface area contributed by atoms with Gasteiger partial charge in [0.05, 0.1) is 18.0 Å². The summed E-state index contributed by atoms with van der Waals surface area (Å²) in [5, 5.41) is 21.2. The SMILES string of the molecule is CC(C)CNC(=O)C(NCCNC(=O)c1cc(C(=O)NCc2ccccc2)cc(N(C)S(C)(=O)=O)c1)C(C)O. The molecule has 2 atom stereocenters. The number of hydrogen-bond acceptors (Lipinski definition) is 7. The number of carbonyl (C=O) groups excluding carboxylic acids is 3. The highest BCUT2D eigenvalue weighted by Crippen LogP contribution is 2.21. The number of aliphatic hydroxyl groups is 1. The number of carbonyl (C=O) groups is 3. The number of hydrogen-bond donors (Lipinski definition) is 5. The van der Waals surface area contributed by atoms with Crippen molar-refractivity contribution in [1.82, 2.24) is 21.3 Å². The van der Waals surface area contributed by atoms with Gasteiger partial charge in [0.15, 0.2) is 0 Å². The molecule has 2 unspecified atom stereocenters. The van der Waals surface area contributed by atoms with Crippen LogP contribution in [0.15, 0.2) is 48.5 Å². The molecule has 12 heteroatoms. The fraction of sp³-hybridized carbons (Fsp3) is 0.444. The van der Waals surface area contributed by atoms with Gasteiger partial charge in [0, 0.05) is 44.4 Å². The maximum atomic E-state index is 12.9. The Bertz CT molecular complexity index is 1230. The minimum atomic E-state index is -3.65. The maximum absolute atomic E-state index is 12.9. The van der Waals surface area contributed by atoms with Crippen molar-refractivity contribution in [3.8, 4) is 0 Å². The summed E-state index contributed by atoms with van der Waals surface area (Å²) in [6.07, 6.45) is 0.0734. The van der Waals surface area contributed by atoms with E-state index in [1.807, 2.05) is 44.2 Å². The van der Waals surface area contributed by atoms with Crippen LogP contribution in [0.1, 0.15) is 47.1 Å². The quantitative estimate of drug-likeness (QED) is 0.214. The summed E-state index contributed by atoms with van der Waals surface area (Å²) in [4.78, 5) is 38.2. The number of anilines is 1. The van der Waals surface area contributed by atoms with Crippen molar-refractivity contribution < 1.29 is 27.9 Å². The molecular formula is C27H39N5O6S. The molecule has 2 aromatic carbocycles. The van der Waals surface area contributed by atoms with E-state index in [2.05, 4.69) is 21.3 Å². The third kappa shape index (κ3) is 10.3. The molecule has 214 valence electrons. The van der Waals surface area contributed by atoms with Crippen molar-refractivity contribution in [1.29, 1.82) is 0 Å². The van der Waals surface area contributed by atoms with E-state index in [-0.39, 0.29) is 48.3 Å². The molecule has 2 rings (SSSR count). The highest BCUT2D eigenvalue weighted by molar-refractivity contribution is 7.92. The average molecular weight is 562 g/mol. The summed E-state index contributed by atoms with van der Waals surface area (Å²) in [5.74, 6) is -1.08. The van der Waals surface area contributed by atoms with Gasteiger partial charge in [0.2, 0.25) is 15.9 Å². The molecule has 0 bridgehead atoms. The van der Waals surface area contributed by atoms with Crippen molar-refractivity contribution in [2.45, 2.75) is 39.5 Å². The number of nitrogens with one attached hydrogen (secondary N) is 4. The first-order valence-corrected chi connectivity index (χ1v) is 14.5. The molecule has 0 spiro atoms. The number of sulfonamides is 1. The van der Waals surface area contributed by atoms with E-state index >= 15 is 0 Å². The summed E-state index contributed by atoms with van der Waals surface area (Å²) in [7, 11) is -2.32. The molecule has 5 N–H and O–H groups in total. The second kappa shape index (κ2) is 14.6. The minimum absolute atomic E-state index is 0.0922. The molecule has 0 saturated carbocycles. The highest BCUT2D eigenvalue weighted by Gasteiger charge is 2.23.